The van der Waals surface area contributed by atoms with E-state index in [0.717, 1.165) is 34.6 Å². The first-order valence-electron chi connectivity index (χ1n) is 7.42. The number of hydrogen-bond acceptors (Lipinski definition) is 3. The quantitative estimate of drug-likeness (QED) is 0.333. The third-order valence-electron chi connectivity index (χ3n) is 3.18. The summed E-state index contributed by atoms with van der Waals surface area (Å²) < 4.78 is 11.9. The zero-order chi connectivity index (χ0) is 15.8. The Labute approximate surface area is 131 Å². The summed E-state index contributed by atoms with van der Waals surface area (Å²) in [7, 11) is 1.63. The lowest BCUT2D eigenvalue weighted by Gasteiger charge is -2.07. The second-order valence-corrected chi connectivity index (χ2v) is 4.97. The fourth-order valence-corrected chi connectivity index (χ4v) is 1.98. The molecule has 0 aliphatic carbocycles. The molecule has 0 saturated heterocycles. The molecule has 0 amide bonds. The number of hydroxylamine groups is 1. The van der Waals surface area contributed by atoms with Crippen molar-refractivity contribution in [2.24, 2.45) is 0 Å². The van der Waals surface area contributed by atoms with Gasteiger partial charge in [-0.1, -0.05) is 19.4 Å². The Bertz CT molecular complexity index is 620. The van der Waals surface area contributed by atoms with Crippen LogP contribution >= 0.6 is 0 Å². The number of benzene rings is 2. The van der Waals surface area contributed by atoms with Gasteiger partial charge < -0.3 is 14.7 Å². The van der Waals surface area contributed by atoms with E-state index in [0.29, 0.717) is 12.3 Å². The smallest absolute Gasteiger partial charge is 0.181 e. The van der Waals surface area contributed by atoms with Crippen LogP contribution in [0.15, 0.2) is 48.5 Å². The molecule has 2 aromatic rings. The van der Waals surface area contributed by atoms with E-state index in [1.807, 2.05) is 48.5 Å². The highest BCUT2D eigenvalue weighted by atomic mass is 16.5. The van der Waals surface area contributed by atoms with Crippen molar-refractivity contribution < 1.29 is 14.2 Å². The van der Waals surface area contributed by atoms with Gasteiger partial charge in [0.1, 0.15) is 17.2 Å². The average molecular weight is 299 g/mol. The molecule has 4 nitrogen and oxygen atoms in total. The van der Waals surface area contributed by atoms with E-state index in [-0.39, 0.29) is 0 Å². The highest BCUT2D eigenvalue weighted by Gasteiger charge is 2.01. The van der Waals surface area contributed by atoms with Crippen LogP contribution in [0, 0.1) is 5.21 Å². The molecule has 4 heteroatoms. The van der Waals surface area contributed by atoms with Gasteiger partial charge in [0.15, 0.2) is 12.8 Å². The first-order valence-corrected chi connectivity index (χ1v) is 7.42. The molecule has 0 radical (unpaired) electrons. The van der Waals surface area contributed by atoms with Crippen LogP contribution in [0.1, 0.15) is 25.3 Å². The van der Waals surface area contributed by atoms with E-state index in [1.54, 1.807) is 13.3 Å². The van der Waals surface area contributed by atoms with Gasteiger partial charge in [-0.05, 0) is 42.5 Å². The maximum Gasteiger partial charge on any atom is 0.181 e. The van der Waals surface area contributed by atoms with Crippen LogP contribution in [0.3, 0.4) is 0 Å². The van der Waals surface area contributed by atoms with Crippen LogP contribution < -0.4 is 9.47 Å². The zero-order valence-electron chi connectivity index (χ0n) is 13.0. The topological polar surface area (TPSA) is 44.5 Å². The lowest BCUT2D eigenvalue weighted by atomic mass is 10.2. The van der Waals surface area contributed by atoms with Gasteiger partial charge in [-0.15, -0.1) is 0 Å². The van der Waals surface area contributed by atoms with Crippen LogP contribution in [0.4, 0.5) is 0 Å². The monoisotopic (exact) mass is 299 g/mol. The van der Waals surface area contributed by atoms with Crippen molar-refractivity contribution in [1.82, 2.24) is 0 Å². The molecule has 0 saturated carbocycles. The second-order valence-electron chi connectivity index (χ2n) is 4.97. The fraction of sp³-hybridized carbons (Fsp3) is 0.278. The molecule has 0 bridgehead atoms. The van der Waals surface area contributed by atoms with E-state index >= 15 is 0 Å². The van der Waals surface area contributed by atoms with E-state index < -0.39 is 0 Å². The predicted molar refractivity (Wildman–Crippen MR) is 88.1 cm³/mol. The number of unbranched alkanes of at least 4 members (excludes halogenated alkanes) is 1. The molecule has 0 N–H and O–H groups in total. The van der Waals surface area contributed by atoms with Crippen LogP contribution in [0.5, 0.6) is 17.2 Å². The molecule has 22 heavy (non-hydrogen) atoms. The molecule has 0 heterocycles. The highest BCUT2D eigenvalue weighted by Crippen LogP contribution is 2.24. The van der Waals surface area contributed by atoms with Crippen molar-refractivity contribution in [2.75, 3.05) is 13.7 Å². The van der Waals surface area contributed by atoms with Gasteiger partial charge in [0.2, 0.25) is 0 Å². The maximum absolute atomic E-state index is 11.7. The molecule has 2 rings (SSSR count). The molecular formula is C18H21NO3. The van der Waals surface area contributed by atoms with Gasteiger partial charge in [0.25, 0.3) is 0 Å². The Hall–Kier alpha value is -2.49. The van der Waals surface area contributed by atoms with Gasteiger partial charge in [0, 0.05) is 12.0 Å². The number of ether oxygens (including phenoxy) is 2. The third-order valence-corrected chi connectivity index (χ3v) is 3.18. The Balaban J connectivity index is 2.07. The van der Waals surface area contributed by atoms with E-state index in [4.69, 9.17) is 9.47 Å². The summed E-state index contributed by atoms with van der Waals surface area (Å²) in [5.41, 5.74) is 0.831. The molecule has 0 aliphatic rings. The fourth-order valence-electron chi connectivity index (χ4n) is 1.98. The van der Waals surface area contributed by atoms with E-state index in [2.05, 4.69) is 6.92 Å². The summed E-state index contributed by atoms with van der Waals surface area (Å²) in [4.78, 5) is 0. The number of methoxy groups -OCH3 is 1. The Morgan fingerprint density at radius 3 is 2.45 bits per heavy atom. The number of nitrogens with zero attached hydrogens (tertiary/aromatic N) is 1. The van der Waals surface area contributed by atoms with Crippen LogP contribution in [-0.4, -0.2) is 24.6 Å². The molecule has 116 valence electrons. The third kappa shape index (κ3) is 4.81. The summed E-state index contributed by atoms with van der Waals surface area (Å²) in [5.74, 6) is 2.21. The molecule has 2 aromatic carbocycles. The molecule has 0 fully saturated rings. The largest absolute Gasteiger partial charge is 0.624 e. The van der Waals surface area contributed by atoms with Crippen LogP contribution in [-0.2, 0) is 0 Å². The lowest BCUT2D eigenvalue weighted by Crippen LogP contribution is -2.07. The van der Waals surface area contributed by atoms with Crippen molar-refractivity contribution in [3.63, 3.8) is 0 Å². The summed E-state index contributed by atoms with van der Waals surface area (Å²) >= 11 is 0. The molecule has 0 unspecified atom stereocenters. The lowest BCUT2D eigenvalue weighted by molar-refractivity contribution is -0.452. The van der Waals surface area contributed by atoms with Crippen molar-refractivity contribution in [3.05, 3.63) is 59.3 Å². The Morgan fingerprint density at radius 1 is 1.05 bits per heavy atom. The van der Waals surface area contributed by atoms with Gasteiger partial charge in [-0.2, -0.15) is 0 Å². The predicted octanol–water partition coefficient (Wildman–Crippen LogP) is 4.22. The van der Waals surface area contributed by atoms with Gasteiger partial charge >= 0.3 is 0 Å². The second kappa shape index (κ2) is 8.08. The SMILES string of the molecule is CCCC/[N+]([O-])=C/c1cccc(Oc2ccc(OC)cc2)c1. The van der Waals surface area contributed by atoms with E-state index in [9.17, 15) is 5.21 Å². The molecule has 0 aliphatic heterocycles. The molecule has 0 aromatic heterocycles. The normalized spacial score (nSPS) is 11.3. The number of hydrogen-bond donors (Lipinski definition) is 0. The zero-order valence-corrected chi connectivity index (χ0v) is 13.0. The van der Waals surface area contributed by atoms with E-state index in [1.165, 1.54) is 0 Å². The van der Waals surface area contributed by atoms with Crippen molar-refractivity contribution in [3.8, 4) is 17.2 Å². The van der Waals surface area contributed by atoms with Crippen molar-refractivity contribution in [1.29, 1.82) is 0 Å². The van der Waals surface area contributed by atoms with Gasteiger partial charge in [-0.25, -0.2) is 4.74 Å². The van der Waals surface area contributed by atoms with Gasteiger partial charge in [0.05, 0.1) is 7.11 Å². The minimum absolute atomic E-state index is 0.514. The minimum atomic E-state index is 0.514. The summed E-state index contributed by atoms with van der Waals surface area (Å²) in [5, 5.41) is 11.7. The molecular weight excluding hydrogens is 278 g/mol. The summed E-state index contributed by atoms with van der Waals surface area (Å²) in [6.45, 7) is 2.58. The molecule has 0 spiro atoms. The minimum Gasteiger partial charge on any atom is -0.624 e. The average Bonchev–Trinajstić information content (AvgIpc) is 2.54. The van der Waals surface area contributed by atoms with Crippen LogP contribution in [0.25, 0.3) is 0 Å². The summed E-state index contributed by atoms with van der Waals surface area (Å²) in [6, 6.07) is 14.8. The van der Waals surface area contributed by atoms with Crippen LogP contribution in [0.2, 0.25) is 0 Å². The maximum atomic E-state index is 11.7. The highest BCUT2D eigenvalue weighted by molar-refractivity contribution is 5.76. The summed E-state index contributed by atoms with van der Waals surface area (Å²) in [6.07, 6.45) is 3.49. The number of rotatable bonds is 7. The van der Waals surface area contributed by atoms with Gasteiger partial charge in [-0.3, -0.25) is 0 Å². The van der Waals surface area contributed by atoms with Crippen molar-refractivity contribution >= 4 is 6.21 Å². The first-order chi connectivity index (χ1) is 10.7. The standard InChI is InChI=1S/C18H21NO3/c1-3-4-12-19(20)14-15-6-5-7-18(13-15)22-17-10-8-16(21-2)9-11-17/h5-11,13-14H,3-4,12H2,1-2H3/b19-14-. The van der Waals surface area contributed by atoms with Crippen molar-refractivity contribution in [2.45, 2.75) is 19.8 Å². The Kier molecular flexibility index (Phi) is 5.83. The molecule has 0 atom stereocenters. The Morgan fingerprint density at radius 2 is 1.77 bits per heavy atom. The first kappa shape index (κ1) is 15.9.